The lowest BCUT2D eigenvalue weighted by Crippen LogP contribution is -2.36. The maximum atomic E-state index is 15.3. The van der Waals surface area contributed by atoms with Crippen molar-refractivity contribution in [1.82, 2.24) is 39.8 Å². The van der Waals surface area contributed by atoms with Crippen LogP contribution in [0.2, 0.25) is 10.2 Å². The monoisotopic (exact) mass is 615 g/mol. The van der Waals surface area contributed by atoms with Gasteiger partial charge in [-0.15, -0.1) is 15.0 Å². The molecule has 0 unspecified atom stereocenters. The largest absolute Gasteiger partial charge is 0.618 e. The average molecular weight is 616 g/mol. The number of rotatable bonds is 10. The first-order chi connectivity index (χ1) is 19.6. The molecule has 0 saturated carbocycles. The molecule has 0 aliphatic carbocycles. The summed E-state index contributed by atoms with van der Waals surface area (Å²) in [6, 6.07) is 4.60. The van der Waals surface area contributed by atoms with Crippen LogP contribution in [-0.4, -0.2) is 53.0 Å². The van der Waals surface area contributed by atoms with Crippen molar-refractivity contribution in [3.63, 3.8) is 0 Å². The van der Waals surface area contributed by atoms with E-state index in [1.54, 1.807) is 0 Å². The molecule has 1 atom stereocenters. The molecule has 11 nitrogen and oxygen atoms in total. The Bertz CT molecular complexity index is 1680. The minimum Gasteiger partial charge on any atom is -0.618 e. The van der Waals surface area contributed by atoms with Gasteiger partial charge in [-0.3, -0.25) is 4.68 Å². The molecule has 0 aliphatic heterocycles. The highest BCUT2D eigenvalue weighted by molar-refractivity contribution is 6.31. The minimum atomic E-state index is -3.05. The first-order valence-electron chi connectivity index (χ1n) is 11.6. The van der Waals surface area contributed by atoms with Gasteiger partial charge in [0.15, 0.2) is 17.2 Å². The van der Waals surface area contributed by atoms with Gasteiger partial charge in [0, 0.05) is 24.2 Å². The fraction of sp³-hybridized carbons (Fsp3) is 0.217. The molecule has 214 valence electrons. The molecular formula is C23H16Cl2F5N9O2. The molecule has 4 aromatic heterocycles. The highest BCUT2D eigenvalue weighted by Crippen LogP contribution is 2.34. The van der Waals surface area contributed by atoms with Crippen LogP contribution in [0.4, 0.5) is 22.0 Å². The maximum absolute atomic E-state index is 15.3. The lowest BCUT2D eigenvalue weighted by molar-refractivity contribution is -0.615. The summed E-state index contributed by atoms with van der Waals surface area (Å²) in [5.74, 6) is -0.834. The van der Waals surface area contributed by atoms with Crippen LogP contribution in [0, 0.1) is 11.0 Å². The number of benzene rings is 1. The van der Waals surface area contributed by atoms with Crippen molar-refractivity contribution in [1.29, 1.82) is 0 Å². The molecule has 0 N–H and O–H groups in total. The molecule has 0 bridgehead atoms. The SMILES string of the molecule is [O-][n+]1cc(-c2c(-n3cc(Cl)nn3)ccc(Cl)c2F)ccc1[C@H](CCOC(F)F)n1cc(-c2cnn(C(F)F)n2)cn1. The Balaban J connectivity index is 1.53. The summed E-state index contributed by atoms with van der Waals surface area (Å²) >= 11 is 11.9. The summed E-state index contributed by atoms with van der Waals surface area (Å²) in [6.45, 7) is -6.46. The Hall–Kier alpha value is -4.15. The third-order valence-corrected chi connectivity index (χ3v) is 6.36. The number of hydrogen-bond donors (Lipinski definition) is 0. The topological polar surface area (TPSA) is 115 Å². The van der Waals surface area contributed by atoms with Gasteiger partial charge >= 0.3 is 13.2 Å². The average Bonchev–Trinajstić information content (AvgIpc) is 3.69. The molecule has 0 spiro atoms. The van der Waals surface area contributed by atoms with Gasteiger partial charge < -0.3 is 9.94 Å². The summed E-state index contributed by atoms with van der Waals surface area (Å²) in [4.78, 5) is 0.210. The molecule has 4 heterocycles. The van der Waals surface area contributed by atoms with E-state index < -0.39 is 31.6 Å². The van der Waals surface area contributed by atoms with Crippen LogP contribution in [0.25, 0.3) is 28.1 Å². The zero-order valence-corrected chi connectivity index (χ0v) is 21.8. The smallest absolute Gasteiger partial charge is 0.348 e. The lowest BCUT2D eigenvalue weighted by atomic mass is 10.0. The summed E-state index contributed by atoms with van der Waals surface area (Å²) in [7, 11) is 0. The second kappa shape index (κ2) is 11.8. The van der Waals surface area contributed by atoms with Crippen LogP contribution in [0.15, 0.2) is 55.2 Å². The van der Waals surface area contributed by atoms with Crippen molar-refractivity contribution in [3.05, 3.63) is 82.1 Å². The Kier molecular flexibility index (Phi) is 8.14. The molecule has 18 heteroatoms. The van der Waals surface area contributed by atoms with Crippen LogP contribution < -0.4 is 4.73 Å². The van der Waals surface area contributed by atoms with Crippen molar-refractivity contribution in [2.24, 2.45) is 0 Å². The summed E-state index contributed by atoms with van der Waals surface area (Å²) in [6.07, 6.45) is 6.06. The number of aromatic nitrogens is 9. The van der Waals surface area contributed by atoms with Crippen molar-refractivity contribution in [3.8, 4) is 28.1 Å². The lowest BCUT2D eigenvalue weighted by Gasteiger charge is -2.18. The van der Waals surface area contributed by atoms with Gasteiger partial charge in [-0.2, -0.15) is 32.5 Å². The Morgan fingerprint density at radius 2 is 1.80 bits per heavy atom. The van der Waals surface area contributed by atoms with E-state index in [2.05, 4.69) is 30.3 Å². The number of halogens is 7. The van der Waals surface area contributed by atoms with E-state index in [0.717, 1.165) is 12.4 Å². The fourth-order valence-corrected chi connectivity index (χ4v) is 4.38. The summed E-state index contributed by atoms with van der Waals surface area (Å²) < 4.78 is 73.7. The van der Waals surface area contributed by atoms with E-state index in [9.17, 15) is 22.8 Å². The van der Waals surface area contributed by atoms with E-state index in [1.807, 2.05) is 0 Å². The van der Waals surface area contributed by atoms with Crippen LogP contribution in [0.3, 0.4) is 0 Å². The van der Waals surface area contributed by atoms with Crippen LogP contribution in [0.1, 0.15) is 24.7 Å². The summed E-state index contributed by atoms with van der Waals surface area (Å²) in [5.41, 5.74) is 0.610. The molecule has 0 amide bonds. The molecule has 0 aliphatic rings. The highest BCUT2D eigenvalue weighted by Gasteiger charge is 2.26. The van der Waals surface area contributed by atoms with E-state index in [0.29, 0.717) is 4.73 Å². The van der Waals surface area contributed by atoms with E-state index in [-0.39, 0.29) is 55.2 Å². The zero-order valence-electron chi connectivity index (χ0n) is 20.3. The second-order valence-electron chi connectivity index (χ2n) is 8.38. The normalized spacial score (nSPS) is 12.5. The number of hydrogen-bond acceptors (Lipinski definition) is 7. The predicted octanol–water partition coefficient (Wildman–Crippen LogP) is 5.08. The molecule has 1 aromatic carbocycles. The molecule has 5 rings (SSSR count). The molecule has 41 heavy (non-hydrogen) atoms. The van der Waals surface area contributed by atoms with Crippen LogP contribution in [-0.2, 0) is 4.74 Å². The molecule has 5 aromatic rings. The summed E-state index contributed by atoms with van der Waals surface area (Å²) in [5, 5.41) is 32.0. The third kappa shape index (κ3) is 5.98. The van der Waals surface area contributed by atoms with Gasteiger partial charge in [0.25, 0.3) is 0 Å². The second-order valence-corrected chi connectivity index (χ2v) is 9.18. The Morgan fingerprint density at radius 3 is 2.46 bits per heavy atom. The first kappa shape index (κ1) is 28.4. The van der Waals surface area contributed by atoms with Crippen molar-refractivity contribution >= 4 is 23.2 Å². The van der Waals surface area contributed by atoms with Crippen molar-refractivity contribution in [2.75, 3.05) is 6.61 Å². The van der Waals surface area contributed by atoms with Gasteiger partial charge in [0.1, 0.15) is 11.7 Å². The standard InChI is InChI=1S/C23H16Cl2F5N9O2/c24-14-2-4-18(37-11-19(25)33-35-37)20(21(14)26)12-1-3-17(38(40)10-12)16(5-6-41-23(29)30)36-9-13(7-31-36)15-8-32-39(34-15)22(27)28/h1-4,7-11,16,22-23H,5-6H2/t16-/m0/s1. The molecule has 0 fully saturated rings. The highest BCUT2D eigenvalue weighted by atomic mass is 35.5. The number of ether oxygens (including phenoxy) is 1. The molecular weight excluding hydrogens is 600 g/mol. The number of nitrogens with zero attached hydrogens (tertiary/aromatic N) is 9. The third-order valence-electron chi connectivity index (χ3n) is 5.89. The van der Waals surface area contributed by atoms with Gasteiger partial charge in [0.2, 0.25) is 5.69 Å². The van der Waals surface area contributed by atoms with E-state index >= 15 is 4.39 Å². The Morgan fingerprint density at radius 1 is 1.00 bits per heavy atom. The van der Waals surface area contributed by atoms with Gasteiger partial charge in [-0.05, 0) is 18.2 Å². The van der Waals surface area contributed by atoms with Crippen LogP contribution >= 0.6 is 23.2 Å². The fourth-order valence-electron chi connectivity index (χ4n) is 4.09. The van der Waals surface area contributed by atoms with Gasteiger partial charge in [0.05, 0.1) is 47.0 Å². The maximum Gasteiger partial charge on any atom is 0.348 e. The minimum absolute atomic E-state index is 0.0327. The number of pyridine rings is 1. The quantitative estimate of drug-likeness (QED) is 0.122. The van der Waals surface area contributed by atoms with Crippen molar-refractivity contribution < 1.29 is 31.4 Å². The van der Waals surface area contributed by atoms with Crippen LogP contribution in [0.5, 0.6) is 0 Å². The van der Waals surface area contributed by atoms with Gasteiger partial charge in [-0.25, -0.2) is 9.07 Å². The Labute approximate surface area is 236 Å². The van der Waals surface area contributed by atoms with E-state index in [1.165, 1.54) is 52.2 Å². The van der Waals surface area contributed by atoms with Crippen molar-refractivity contribution in [2.45, 2.75) is 25.6 Å². The predicted molar refractivity (Wildman–Crippen MR) is 133 cm³/mol. The number of alkyl halides is 4. The zero-order chi connectivity index (χ0) is 29.3. The molecule has 0 saturated heterocycles. The van der Waals surface area contributed by atoms with Gasteiger partial charge in [-0.1, -0.05) is 28.4 Å². The van der Waals surface area contributed by atoms with E-state index in [4.69, 9.17) is 23.2 Å². The molecule has 0 radical (unpaired) electrons. The first-order valence-corrected chi connectivity index (χ1v) is 12.3.